The van der Waals surface area contributed by atoms with Gasteiger partial charge in [-0.15, -0.1) is 24.0 Å². The van der Waals surface area contributed by atoms with E-state index < -0.39 is 0 Å². The molecule has 0 unspecified atom stereocenters. The van der Waals surface area contributed by atoms with Gasteiger partial charge in [0.2, 0.25) is 0 Å². The molecule has 0 amide bonds. The summed E-state index contributed by atoms with van der Waals surface area (Å²) in [4.78, 5) is 8.68. The number of ether oxygens (including phenoxy) is 1. The molecular formula is C20H26FIN4O. The number of halogens is 2. The molecular weight excluding hydrogens is 458 g/mol. The fourth-order valence-electron chi connectivity index (χ4n) is 3.16. The number of anilines is 1. The normalized spacial score (nSPS) is 14.6. The summed E-state index contributed by atoms with van der Waals surface area (Å²) in [6, 6.07) is 14.9. The Labute approximate surface area is 177 Å². The van der Waals surface area contributed by atoms with Crippen molar-refractivity contribution in [1.82, 2.24) is 10.2 Å². The van der Waals surface area contributed by atoms with Gasteiger partial charge in [-0.3, -0.25) is 4.99 Å². The van der Waals surface area contributed by atoms with Crippen LogP contribution in [0.2, 0.25) is 0 Å². The summed E-state index contributed by atoms with van der Waals surface area (Å²) in [7, 11) is 3.46. The molecule has 5 nitrogen and oxygen atoms in total. The lowest BCUT2D eigenvalue weighted by molar-refractivity contribution is 0.370. The molecule has 2 aromatic carbocycles. The lowest BCUT2D eigenvalue weighted by atomic mass is 10.2. The van der Waals surface area contributed by atoms with Crippen LogP contribution < -0.4 is 15.0 Å². The minimum absolute atomic E-state index is 0. The largest absolute Gasteiger partial charge is 0.497 e. The Morgan fingerprint density at radius 1 is 1.11 bits per heavy atom. The molecule has 0 radical (unpaired) electrons. The van der Waals surface area contributed by atoms with E-state index in [0.29, 0.717) is 12.2 Å². The first-order valence-electron chi connectivity index (χ1n) is 8.79. The van der Waals surface area contributed by atoms with Crippen molar-refractivity contribution in [3.63, 3.8) is 0 Å². The number of benzene rings is 2. The molecule has 3 rings (SSSR count). The fraction of sp³-hybridized carbons (Fsp3) is 0.350. The molecule has 0 atom stereocenters. The van der Waals surface area contributed by atoms with Crippen molar-refractivity contribution in [3.8, 4) is 5.75 Å². The number of rotatable bonds is 4. The molecule has 1 aliphatic rings. The second-order valence-electron chi connectivity index (χ2n) is 6.18. The number of hydrogen-bond donors (Lipinski definition) is 1. The number of nitrogens with one attached hydrogen (secondary N) is 1. The topological polar surface area (TPSA) is 40.1 Å². The number of guanidine groups is 1. The number of methoxy groups -OCH3 is 1. The monoisotopic (exact) mass is 484 g/mol. The molecule has 0 spiro atoms. The van der Waals surface area contributed by atoms with Gasteiger partial charge in [-0.05, 0) is 29.8 Å². The van der Waals surface area contributed by atoms with Crippen LogP contribution in [0.15, 0.2) is 53.5 Å². The SMILES string of the molecule is CN=C(NCc1cccc(OC)c1)N1CCN(c2ccccc2F)CC1.I. The molecule has 0 bridgehead atoms. The summed E-state index contributed by atoms with van der Waals surface area (Å²) in [5.74, 6) is 1.54. The predicted molar refractivity (Wildman–Crippen MR) is 119 cm³/mol. The van der Waals surface area contributed by atoms with Crippen LogP contribution in [-0.4, -0.2) is 51.2 Å². The summed E-state index contributed by atoms with van der Waals surface area (Å²) in [5.41, 5.74) is 1.81. The Balaban J connectivity index is 0.00000261. The molecule has 1 saturated heterocycles. The van der Waals surface area contributed by atoms with Crippen LogP contribution in [0.25, 0.3) is 0 Å². The predicted octanol–water partition coefficient (Wildman–Crippen LogP) is 3.35. The van der Waals surface area contributed by atoms with Crippen LogP contribution in [0, 0.1) is 5.82 Å². The number of piperazine rings is 1. The number of hydrogen-bond acceptors (Lipinski definition) is 3. The molecule has 27 heavy (non-hydrogen) atoms. The van der Waals surface area contributed by atoms with Crippen molar-refractivity contribution in [1.29, 1.82) is 0 Å². The van der Waals surface area contributed by atoms with Gasteiger partial charge in [0.25, 0.3) is 0 Å². The molecule has 1 N–H and O–H groups in total. The van der Waals surface area contributed by atoms with Gasteiger partial charge in [-0.1, -0.05) is 24.3 Å². The molecule has 2 aromatic rings. The van der Waals surface area contributed by atoms with Gasteiger partial charge in [0.05, 0.1) is 12.8 Å². The average molecular weight is 484 g/mol. The van der Waals surface area contributed by atoms with Gasteiger partial charge in [-0.25, -0.2) is 4.39 Å². The average Bonchev–Trinajstić information content (AvgIpc) is 2.69. The molecule has 1 aliphatic heterocycles. The van der Waals surface area contributed by atoms with E-state index in [-0.39, 0.29) is 29.8 Å². The first kappa shape index (κ1) is 21.3. The van der Waals surface area contributed by atoms with Crippen LogP contribution in [0.1, 0.15) is 5.56 Å². The Kier molecular flexibility index (Phi) is 8.15. The Morgan fingerprint density at radius 3 is 2.52 bits per heavy atom. The summed E-state index contributed by atoms with van der Waals surface area (Å²) in [6.07, 6.45) is 0. The Hall–Kier alpha value is -2.03. The maximum atomic E-state index is 14.0. The fourth-order valence-corrected chi connectivity index (χ4v) is 3.16. The summed E-state index contributed by atoms with van der Waals surface area (Å²) < 4.78 is 19.2. The zero-order valence-corrected chi connectivity index (χ0v) is 18.0. The first-order valence-corrected chi connectivity index (χ1v) is 8.79. The Morgan fingerprint density at radius 2 is 1.85 bits per heavy atom. The lowest BCUT2D eigenvalue weighted by Gasteiger charge is -2.37. The van der Waals surface area contributed by atoms with Gasteiger partial charge in [0, 0.05) is 39.8 Å². The molecule has 7 heteroatoms. The second-order valence-corrected chi connectivity index (χ2v) is 6.18. The maximum absolute atomic E-state index is 14.0. The lowest BCUT2D eigenvalue weighted by Crippen LogP contribution is -2.52. The summed E-state index contributed by atoms with van der Waals surface area (Å²) in [5, 5.41) is 3.40. The smallest absolute Gasteiger partial charge is 0.194 e. The van der Waals surface area contributed by atoms with Crippen molar-refractivity contribution >= 4 is 35.6 Å². The summed E-state index contributed by atoms with van der Waals surface area (Å²) >= 11 is 0. The summed E-state index contributed by atoms with van der Waals surface area (Å²) in [6.45, 7) is 3.80. The number of nitrogens with zero attached hydrogens (tertiary/aromatic N) is 3. The molecule has 0 aliphatic carbocycles. The zero-order chi connectivity index (χ0) is 18.4. The minimum Gasteiger partial charge on any atom is -0.497 e. The van der Waals surface area contributed by atoms with Crippen molar-refractivity contribution in [2.24, 2.45) is 4.99 Å². The third-order valence-electron chi connectivity index (χ3n) is 4.57. The van der Waals surface area contributed by atoms with E-state index in [1.54, 1.807) is 20.2 Å². The van der Waals surface area contributed by atoms with E-state index in [1.165, 1.54) is 6.07 Å². The van der Waals surface area contributed by atoms with Crippen LogP contribution in [-0.2, 0) is 6.54 Å². The van der Waals surface area contributed by atoms with Crippen LogP contribution in [0.5, 0.6) is 5.75 Å². The molecule has 146 valence electrons. The van der Waals surface area contributed by atoms with E-state index in [9.17, 15) is 4.39 Å². The number of aliphatic imine (C=N–C) groups is 1. The van der Waals surface area contributed by atoms with Crippen LogP contribution in [0.4, 0.5) is 10.1 Å². The van der Waals surface area contributed by atoms with Gasteiger partial charge < -0.3 is 19.9 Å². The second kappa shape index (κ2) is 10.3. The third-order valence-corrected chi connectivity index (χ3v) is 4.57. The van der Waals surface area contributed by atoms with E-state index in [1.807, 2.05) is 30.3 Å². The van der Waals surface area contributed by atoms with Crippen LogP contribution >= 0.6 is 24.0 Å². The highest BCUT2D eigenvalue weighted by Crippen LogP contribution is 2.20. The van der Waals surface area contributed by atoms with Gasteiger partial charge in [-0.2, -0.15) is 0 Å². The van der Waals surface area contributed by atoms with Crippen LogP contribution in [0.3, 0.4) is 0 Å². The van der Waals surface area contributed by atoms with E-state index in [2.05, 4.69) is 26.2 Å². The van der Waals surface area contributed by atoms with Gasteiger partial charge in [0.1, 0.15) is 11.6 Å². The molecule has 0 aromatic heterocycles. The quantitative estimate of drug-likeness (QED) is 0.411. The third kappa shape index (κ3) is 5.47. The van der Waals surface area contributed by atoms with Crippen molar-refractivity contribution in [2.75, 3.05) is 45.2 Å². The van der Waals surface area contributed by atoms with E-state index >= 15 is 0 Å². The van der Waals surface area contributed by atoms with E-state index in [4.69, 9.17) is 4.74 Å². The highest BCUT2D eigenvalue weighted by Gasteiger charge is 2.21. The molecule has 1 fully saturated rings. The van der Waals surface area contributed by atoms with Crippen molar-refractivity contribution in [3.05, 3.63) is 59.9 Å². The highest BCUT2D eigenvalue weighted by atomic mass is 127. The van der Waals surface area contributed by atoms with Crippen molar-refractivity contribution in [2.45, 2.75) is 6.54 Å². The molecule has 1 heterocycles. The zero-order valence-electron chi connectivity index (χ0n) is 15.7. The standard InChI is InChI=1S/C20H25FN4O.HI/c1-22-20(23-15-16-6-5-7-17(14-16)26-2)25-12-10-24(11-13-25)19-9-4-3-8-18(19)21;/h3-9,14H,10-13,15H2,1-2H3,(H,22,23);1H. The number of para-hydroxylation sites is 1. The molecule has 0 saturated carbocycles. The Bertz CT molecular complexity index is 763. The first-order chi connectivity index (χ1) is 12.7. The van der Waals surface area contributed by atoms with E-state index in [0.717, 1.165) is 43.5 Å². The van der Waals surface area contributed by atoms with Crippen molar-refractivity contribution < 1.29 is 9.13 Å². The van der Waals surface area contributed by atoms with Gasteiger partial charge in [0.15, 0.2) is 5.96 Å². The minimum atomic E-state index is -0.165. The highest BCUT2D eigenvalue weighted by molar-refractivity contribution is 14.0. The van der Waals surface area contributed by atoms with Gasteiger partial charge >= 0.3 is 0 Å². The maximum Gasteiger partial charge on any atom is 0.194 e.